The van der Waals surface area contributed by atoms with Crippen molar-refractivity contribution >= 4 is 5.96 Å². The first-order chi connectivity index (χ1) is 5.61. The van der Waals surface area contributed by atoms with Crippen LogP contribution < -0.4 is 5.73 Å². The second-order valence-electron chi connectivity index (χ2n) is 2.74. The Morgan fingerprint density at radius 3 is 2.83 bits per heavy atom. The van der Waals surface area contributed by atoms with Gasteiger partial charge in [0, 0.05) is 19.2 Å². The predicted octanol–water partition coefficient (Wildman–Crippen LogP) is 0.913. The summed E-state index contributed by atoms with van der Waals surface area (Å²) >= 11 is 0. The summed E-state index contributed by atoms with van der Waals surface area (Å²) in [5, 5.41) is 7.15. The maximum Gasteiger partial charge on any atom is 0.188 e. The molecule has 1 rings (SSSR count). The maximum absolute atomic E-state index is 7.15. The fraction of sp³-hybridized carbons (Fsp3) is 0.375. The van der Waals surface area contributed by atoms with Crippen molar-refractivity contribution in [3.05, 3.63) is 23.7 Å². The van der Waals surface area contributed by atoms with Gasteiger partial charge in [-0.1, -0.05) is 0 Å². The van der Waals surface area contributed by atoms with E-state index in [1.54, 1.807) is 18.2 Å². The van der Waals surface area contributed by atoms with Crippen LogP contribution in [0.2, 0.25) is 0 Å². The zero-order chi connectivity index (χ0) is 9.14. The number of nitrogens with one attached hydrogen (secondary N) is 1. The van der Waals surface area contributed by atoms with Crippen LogP contribution in [0.15, 0.2) is 16.7 Å². The molecule has 0 aliphatic heterocycles. The summed E-state index contributed by atoms with van der Waals surface area (Å²) in [5.74, 6) is 0.943. The standard InChI is InChI=1S/C8H13N3O/c1-6-7(3-4-12-6)5-11(2)8(9)10/h3-4H,5H2,1-2H3,(H3,9,10). The van der Waals surface area contributed by atoms with Gasteiger partial charge in [-0.2, -0.15) is 0 Å². The van der Waals surface area contributed by atoms with E-state index >= 15 is 0 Å². The highest BCUT2D eigenvalue weighted by atomic mass is 16.3. The lowest BCUT2D eigenvalue weighted by Crippen LogP contribution is -2.32. The Hall–Kier alpha value is -1.45. The van der Waals surface area contributed by atoms with E-state index in [0.717, 1.165) is 11.3 Å². The second-order valence-corrected chi connectivity index (χ2v) is 2.74. The molecule has 0 fully saturated rings. The van der Waals surface area contributed by atoms with Gasteiger partial charge in [-0.3, -0.25) is 5.41 Å². The minimum absolute atomic E-state index is 0.0654. The molecule has 66 valence electrons. The molecule has 0 spiro atoms. The Bertz CT molecular complexity index is 280. The van der Waals surface area contributed by atoms with Gasteiger partial charge in [-0.25, -0.2) is 0 Å². The van der Waals surface area contributed by atoms with Gasteiger partial charge < -0.3 is 15.1 Å². The topological polar surface area (TPSA) is 66.2 Å². The average molecular weight is 167 g/mol. The molecule has 0 radical (unpaired) electrons. The fourth-order valence-corrected chi connectivity index (χ4v) is 0.916. The van der Waals surface area contributed by atoms with Crippen molar-refractivity contribution in [1.29, 1.82) is 5.41 Å². The molecule has 1 aromatic heterocycles. The van der Waals surface area contributed by atoms with Gasteiger partial charge in [0.1, 0.15) is 5.76 Å². The summed E-state index contributed by atoms with van der Waals surface area (Å²) in [4.78, 5) is 1.65. The number of furan rings is 1. The zero-order valence-electron chi connectivity index (χ0n) is 7.29. The molecule has 1 aromatic rings. The Balaban J connectivity index is 2.64. The van der Waals surface area contributed by atoms with Gasteiger partial charge in [0.2, 0.25) is 0 Å². The highest BCUT2D eigenvalue weighted by Gasteiger charge is 2.05. The number of aryl methyl sites for hydroxylation is 1. The Morgan fingerprint density at radius 2 is 2.42 bits per heavy atom. The number of hydrogen-bond donors (Lipinski definition) is 2. The van der Waals surface area contributed by atoms with E-state index in [9.17, 15) is 0 Å². The van der Waals surface area contributed by atoms with Crippen LogP contribution in [0.25, 0.3) is 0 Å². The lowest BCUT2D eigenvalue weighted by atomic mass is 10.2. The monoisotopic (exact) mass is 167 g/mol. The smallest absolute Gasteiger partial charge is 0.188 e. The van der Waals surface area contributed by atoms with Gasteiger partial charge in [0.25, 0.3) is 0 Å². The minimum atomic E-state index is 0.0654. The van der Waals surface area contributed by atoms with Crippen LogP contribution >= 0.6 is 0 Å². The highest BCUT2D eigenvalue weighted by Crippen LogP contribution is 2.10. The summed E-state index contributed by atoms with van der Waals surface area (Å²) in [6.45, 7) is 2.51. The quantitative estimate of drug-likeness (QED) is 0.508. The average Bonchev–Trinajstić information content (AvgIpc) is 2.36. The highest BCUT2D eigenvalue weighted by molar-refractivity contribution is 5.74. The molecule has 0 aliphatic carbocycles. The molecule has 4 nitrogen and oxygen atoms in total. The third-order valence-electron chi connectivity index (χ3n) is 1.79. The second kappa shape index (κ2) is 3.30. The number of nitrogens with two attached hydrogens (primary N) is 1. The van der Waals surface area contributed by atoms with Gasteiger partial charge in [-0.05, 0) is 13.0 Å². The number of rotatable bonds is 2. The van der Waals surface area contributed by atoms with E-state index in [1.165, 1.54) is 0 Å². The first-order valence-corrected chi connectivity index (χ1v) is 3.69. The molecule has 0 saturated heterocycles. The van der Waals surface area contributed by atoms with Gasteiger partial charge in [-0.15, -0.1) is 0 Å². The molecular weight excluding hydrogens is 154 g/mol. The summed E-state index contributed by atoms with van der Waals surface area (Å²) in [6, 6.07) is 1.88. The van der Waals surface area contributed by atoms with E-state index in [4.69, 9.17) is 15.6 Å². The molecular formula is C8H13N3O. The SMILES string of the molecule is Cc1occc1CN(C)C(=N)N. The third-order valence-corrected chi connectivity index (χ3v) is 1.79. The van der Waals surface area contributed by atoms with Crippen LogP contribution in [0.5, 0.6) is 0 Å². The maximum atomic E-state index is 7.15. The first kappa shape index (κ1) is 8.64. The minimum Gasteiger partial charge on any atom is -0.469 e. The van der Waals surface area contributed by atoms with Gasteiger partial charge in [0.05, 0.1) is 6.26 Å². The van der Waals surface area contributed by atoms with E-state index < -0.39 is 0 Å². The van der Waals surface area contributed by atoms with Crippen molar-refractivity contribution in [3.63, 3.8) is 0 Å². The van der Waals surface area contributed by atoms with E-state index in [1.807, 2.05) is 13.0 Å². The van der Waals surface area contributed by atoms with Crippen molar-refractivity contribution in [1.82, 2.24) is 4.90 Å². The van der Waals surface area contributed by atoms with Crippen LogP contribution in [-0.4, -0.2) is 17.9 Å². The molecule has 4 heteroatoms. The zero-order valence-corrected chi connectivity index (χ0v) is 7.29. The molecule has 0 aromatic carbocycles. The number of hydrogen-bond acceptors (Lipinski definition) is 2. The van der Waals surface area contributed by atoms with Crippen LogP contribution in [-0.2, 0) is 6.54 Å². The fourth-order valence-electron chi connectivity index (χ4n) is 0.916. The molecule has 0 saturated carbocycles. The van der Waals surface area contributed by atoms with E-state index in [2.05, 4.69) is 0 Å². The molecule has 12 heavy (non-hydrogen) atoms. The molecule has 0 unspecified atom stereocenters. The van der Waals surface area contributed by atoms with Crippen LogP contribution in [0.1, 0.15) is 11.3 Å². The van der Waals surface area contributed by atoms with Gasteiger partial charge in [0.15, 0.2) is 5.96 Å². The van der Waals surface area contributed by atoms with Crippen molar-refractivity contribution in [3.8, 4) is 0 Å². The normalized spacial score (nSPS) is 9.83. The molecule has 0 bridgehead atoms. The lowest BCUT2D eigenvalue weighted by Gasteiger charge is -2.15. The van der Waals surface area contributed by atoms with Crippen LogP contribution in [0.4, 0.5) is 0 Å². The number of guanidine groups is 1. The van der Waals surface area contributed by atoms with E-state index in [0.29, 0.717) is 6.54 Å². The third kappa shape index (κ3) is 1.78. The molecule has 3 N–H and O–H groups in total. The van der Waals surface area contributed by atoms with Crippen molar-refractivity contribution < 1.29 is 4.42 Å². The van der Waals surface area contributed by atoms with Crippen molar-refractivity contribution in [2.75, 3.05) is 7.05 Å². The predicted molar refractivity (Wildman–Crippen MR) is 46.8 cm³/mol. The largest absolute Gasteiger partial charge is 0.469 e. The summed E-state index contributed by atoms with van der Waals surface area (Å²) in [6.07, 6.45) is 1.64. The summed E-state index contributed by atoms with van der Waals surface area (Å²) in [7, 11) is 1.77. The van der Waals surface area contributed by atoms with Crippen LogP contribution in [0.3, 0.4) is 0 Å². The first-order valence-electron chi connectivity index (χ1n) is 3.69. The van der Waals surface area contributed by atoms with Crippen molar-refractivity contribution in [2.45, 2.75) is 13.5 Å². The Kier molecular flexibility index (Phi) is 2.38. The summed E-state index contributed by atoms with van der Waals surface area (Å²) in [5.41, 5.74) is 6.34. The lowest BCUT2D eigenvalue weighted by molar-refractivity contribution is 0.474. The molecule has 0 atom stereocenters. The van der Waals surface area contributed by atoms with Crippen LogP contribution in [0, 0.1) is 12.3 Å². The Morgan fingerprint density at radius 1 is 1.75 bits per heavy atom. The van der Waals surface area contributed by atoms with Gasteiger partial charge >= 0.3 is 0 Å². The molecule has 1 heterocycles. The summed E-state index contributed by atoms with van der Waals surface area (Å²) < 4.78 is 5.11. The van der Waals surface area contributed by atoms with Crippen molar-refractivity contribution in [2.24, 2.45) is 5.73 Å². The molecule has 0 aliphatic rings. The molecule has 0 amide bonds. The van der Waals surface area contributed by atoms with E-state index in [-0.39, 0.29) is 5.96 Å². The number of nitrogens with zero attached hydrogens (tertiary/aromatic N) is 1. The Labute approximate surface area is 71.5 Å².